The minimum atomic E-state index is -0.424. The zero-order valence-electron chi connectivity index (χ0n) is 12.5. The van der Waals surface area contributed by atoms with Crippen molar-refractivity contribution in [3.63, 3.8) is 0 Å². The van der Waals surface area contributed by atoms with E-state index in [1.54, 1.807) is 0 Å². The van der Waals surface area contributed by atoms with Crippen LogP contribution in [0.5, 0.6) is 0 Å². The molecule has 20 heavy (non-hydrogen) atoms. The standard InChI is InChI=1S/C13H25N3O3S/c1-11-9-19-10-12(11)7-15(2)6-4-5-14-13(20-3)8-16(17)18/h8,11-12,14H,4-7,9-10H2,1-3H3. The zero-order chi connectivity index (χ0) is 15.0. The number of thioether (sulfide) groups is 1. The van der Waals surface area contributed by atoms with Crippen LogP contribution >= 0.6 is 11.8 Å². The van der Waals surface area contributed by atoms with Crippen LogP contribution in [0.3, 0.4) is 0 Å². The first-order valence-electron chi connectivity index (χ1n) is 6.92. The molecule has 7 heteroatoms. The van der Waals surface area contributed by atoms with Gasteiger partial charge in [0.05, 0.1) is 11.5 Å². The van der Waals surface area contributed by atoms with Crippen LogP contribution in [-0.2, 0) is 4.74 Å². The topological polar surface area (TPSA) is 67.6 Å². The molecule has 116 valence electrons. The van der Waals surface area contributed by atoms with Gasteiger partial charge < -0.3 is 15.0 Å². The van der Waals surface area contributed by atoms with Gasteiger partial charge in [-0.25, -0.2) is 0 Å². The molecule has 1 rings (SSSR count). The zero-order valence-corrected chi connectivity index (χ0v) is 13.3. The second-order valence-electron chi connectivity index (χ2n) is 5.30. The highest BCUT2D eigenvalue weighted by Crippen LogP contribution is 2.20. The molecule has 0 aromatic carbocycles. The first-order chi connectivity index (χ1) is 9.52. The smallest absolute Gasteiger partial charge is 0.263 e. The van der Waals surface area contributed by atoms with Crippen molar-refractivity contribution in [2.24, 2.45) is 11.8 Å². The number of ether oxygens (including phenoxy) is 1. The SMILES string of the molecule is CSC(=C[N+](=O)[O-])NCCCN(C)CC1COCC1C. The summed E-state index contributed by atoms with van der Waals surface area (Å²) in [4.78, 5) is 12.3. The first kappa shape index (κ1) is 17.3. The van der Waals surface area contributed by atoms with Gasteiger partial charge in [0.2, 0.25) is 0 Å². The summed E-state index contributed by atoms with van der Waals surface area (Å²) in [5.41, 5.74) is 0. The molecule has 1 N–H and O–H groups in total. The molecule has 1 fully saturated rings. The fraction of sp³-hybridized carbons (Fsp3) is 0.846. The van der Waals surface area contributed by atoms with E-state index in [0.29, 0.717) is 16.9 Å². The van der Waals surface area contributed by atoms with Crippen LogP contribution in [0.15, 0.2) is 11.2 Å². The Morgan fingerprint density at radius 3 is 2.90 bits per heavy atom. The third kappa shape index (κ3) is 6.58. The van der Waals surface area contributed by atoms with Crippen molar-refractivity contribution in [1.82, 2.24) is 10.2 Å². The Morgan fingerprint density at radius 2 is 2.35 bits per heavy atom. The maximum atomic E-state index is 10.4. The van der Waals surface area contributed by atoms with Gasteiger partial charge in [-0.15, -0.1) is 11.8 Å². The van der Waals surface area contributed by atoms with E-state index in [4.69, 9.17) is 4.74 Å². The highest BCUT2D eigenvalue weighted by molar-refractivity contribution is 8.02. The summed E-state index contributed by atoms with van der Waals surface area (Å²) in [7, 11) is 2.12. The average molecular weight is 303 g/mol. The molecule has 0 aromatic heterocycles. The number of hydrogen-bond acceptors (Lipinski definition) is 6. The molecule has 1 saturated heterocycles. The summed E-state index contributed by atoms with van der Waals surface area (Å²) < 4.78 is 5.47. The van der Waals surface area contributed by atoms with E-state index in [1.807, 2.05) is 6.26 Å². The maximum Gasteiger partial charge on any atom is 0.263 e. The third-order valence-electron chi connectivity index (χ3n) is 3.52. The van der Waals surface area contributed by atoms with Gasteiger partial charge in [-0.1, -0.05) is 6.92 Å². The fourth-order valence-corrected chi connectivity index (χ4v) is 2.69. The second-order valence-corrected chi connectivity index (χ2v) is 6.15. The highest BCUT2D eigenvalue weighted by Gasteiger charge is 2.24. The van der Waals surface area contributed by atoms with Crippen molar-refractivity contribution in [1.29, 1.82) is 0 Å². The number of nitro groups is 1. The Kier molecular flexibility index (Phi) is 7.94. The summed E-state index contributed by atoms with van der Waals surface area (Å²) in [5.74, 6) is 1.27. The molecule has 0 radical (unpaired) electrons. The Labute approximate surface area is 125 Å². The minimum Gasteiger partial charge on any atom is -0.381 e. The van der Waals surface area contributed by atoms with Crippen LogP contribution in [0.4, 0.5) is 0 Å². The van der Waals surface area contributed by atoms with Gasteiger partial charge in [-0.05, 0) is 38.1 Å². The summed E-state index contributed by atoms with van der Waals surface area (Å²) in [6.07, 6.45) is 3.82. The van der Waals surface area contributed by atoms with Crippen molar-refractivity contribution in [3.05, 3.63) is 21.3 Å². The predicted molar refractivity (Wildman–Crippen MR) is 82.2 cm³/mol. The molecule has 0 spiro atoms. The van der Waals surface area contributed by atoms with Gasteiger partial charge in [-0.2, -0.15) is 0 Å². The van der Waals surface area contributed by atoms with E-state index in [2.05, 4.69) is 24.2 Å². The minimum absolute atomic E-state index is 0.424. The van der Waals surface area contributed by atoms with E-state index < -0.39 is 4.92 Å². The van der Waals surface area contributed by atoms with Crippen molar-refractivity contribution >= 4 is 11.8 Å². The van der Waals surface area contributed by atoms with Gasteiger partial charge in [0, 0.05) is 19.7 Å². The lowest BCUT2D eigenvalue weighted by Crippen LogP contribution is -2.31. The van der Waals surface area contributed by atoms with Crippen LogP contribution in [0.1, 0.15) is 13.3 Å². The number of rotatable bonds is 9. The molecule has 0 saturated carbocycles. The molecule has 2 atom stereocenters. The largest absolute Gasteiger partial charge is 0.381 e. The normalized spacial score (nSPS) is 23.3. The second kappa shape index (κ2) is 9.20. The van der Waals surface area contributed by atoms with Crippen LogP contribution in [-0.4, -0.2) is 56.0 Å². The molecular formula is C13H25N3O3S. The lowest BCUT2D eigenvalue weighted by atomic mass is 9.98. The average Bonchev–Trinajstić information content (AvgIpc) is 2.78. The van der Waals surface area contributed by atoms with Crippen molar-refractivity contribution in [2.45, 2.75) is 13.3 Å². The molecule has 1 aliphatic rings. The van der Waals surface area contributed by atoms with E-state index in [0.717, 1.165) is 45.5 Å². The molecule has 1 heterocycles. The Morgan fingerprint density at radius 1 is 1.60 bits per heavy atom. The first-order valence-corrected chi connectivity index (χ1v) is 8.15. The van der Waals surface area contributed by atoms with Gasteiger partial charge >= 0.3 is 0 Å². The van der Waals surface area contributed by atoms with E-state index in [9.17, 15) is 10.1 Å². The molecule has 0 bridgehead atoms. The summed E-state index contributed by atoms with van der Waals surface area (Å²) in [5, 5.41) is 14.1. The fourth-order valence-electron chi connectivity index (χ4n) is 2.26. The molecule has 0 aromatic rings. The number of nitrogens with zero attached hydrogens (tertiary/aromatic N) is 2. The Bertz CT molecular complexity index is 339. The van der Waals surface area contributed by atoms with Crippen LogP contribution in [0.25, 0.3) is 0 Å². The lowest BCUT2D eigenvalue weighted by molar-refractivity contribution is -0.403. The Hall–Kier alpha value is -0.790. The van der Waals surface area contributed by atoms with Crippen LogP contribution in [0, 0.1) is 22.0 Å². The predicted octanol–water partition coefficient (Wildman–Crippen LogP) is 1.62. The summed E-state index contributed by atoms with van der Waals surface area (Å²) in [6.45, 7) is 6.77. The van der Waals surface area contributed by atoms with Gasteiger partial charge in [0.25, 0.3) is 6.20 Å². The molecular weight excluding hydrogens is 278 g/mol. The summed E-state index contributed by atoms with van der Waals surface area (Å²) in [6, 6.07) is 0. The molecule has 0 aliphatic carbocycles. The molecule has 6 nitrogen and oxygen atoms in total. The maximum absolute atomic E-state index is 10.4. The van der Waals surface area contributed by atoms with Crippen molar-refractivity contribution in [2.75, 3.05) is 46.2 Å². The van der Waals surface area contributed by atoms with E-state index in [-0.39, 0.29) is 0 Å². The van der Waals surface area contributed by atoms with Crippen molar-refractivity contribution in [3.8, 4) is 0 Å². The Balaban J connectivity index is 2.15. The van der Waals surface area contributed by atoms with Gasteiger partial charge in [0.1, 0.15) is 5.03 Å². The van der Waals surface area contributed by atoms with Crippen LogP contribution < -0.4 is 5.32 Å². The quantitative estimate of drug-likeness (QED) is 0.396. The highest BCUT2D eigenvalue weighted by atomic mass is 32.2. The monoisotopic (exact) mass is 303 g/mol. The molecule has 0 amide bonds. The van der Waals surface area contributed by atoms with Crippen LogP contribution in [0.2, 0.25) is 0 Å². The van der Waals surface area contributed by atoms with Crippen molar-refractivity contribution < 1.29 is 9.66 Å². The number of nitrogens with one attached hydrogen (secondary N) is 1. The number of hydrogen-bond donors (Lipinski definition) is 1. The van der Waals surface area contributed by atoms with Gasteiger partial charge in [-0.3, -0.25) is 10.1 Å². The molecule has 2 unspecified atom stereocenters. The summed E-state index contributed by atoms with van der Waals surface area (Å²) >= 11 is 1.36. The molecule has 1 aliphatic heterocycles. The van der Waals surface area contributed by atoms with E-state index in [1.165, 1.54) is 11.8 Å². The third-order valence-corrected chi connectivity index (χ3v) is 4.21. The van der Waals surface area contributed by atoms with E-state index >= 15 is 0 Å². The lowest BCUT2D eigenvalue weighted by Gasteiger charge is -2.22. The van der Waals surface area contributed by atoms with Gasteiger partial charge in [0.15, 0.2) is 0 Å².